The summed E-state index contributed by atoms with van der Waals surface area (Å²) in [6.07, 6.45) is 7.97. The van der Waals surface area contributed by atoms with Crippen molar-refractivity contribution in [1.82, 2.24) is 20.0 Å². The first-order valence-corrected chi connectivity index (χ1v) is 9.64. The predicted octanol–water partition coefficient (Wildman–Crippen LogP) is 2.87. The molecule has 1 aliphatic carbocycles. The summed E-state index contributed by atoms with van der Waals surface area (Å²) in [6.45, 7) is 0.962. The van der Waals surface area contributed by atoms with Gasteiger partial charge in [-0.05, 0) is 36.7 Å². The molecule has 1 amide bonds. The summed E-state index contributed by atoms with van der Waals surface area (Å²) in [6, 6.07) is 11.5. The fraction of sp³-hybridized carbons (Fsp3) is 0.524. The van der Waals surface area contributed by atoms with Gasteiger partial charge in [0, 0.05) is 44.9 Å². The summed E-state index contributed by atoms with van der Waals surface area (Å²) >= 11 is 0. The van der Waals surface area contributed by atoms with E-state index in [4.69, 9.17) is 0 Å². The van der Waals surface area contributed by atoms with Gasteiger partial charge in [0.15, 0.2) is 0 Å². The Morgan fingerprint density at radius 1 is 1.15 bits per heavy atom. The molecule has 4 rings (SSSR count). The van der Waals surface area contributed by atoms with Gasteiger partial charge in [0.2, 0.25) is 5.91 Å². The fourth-order valence-electron chi connectivity index (χ4n) is 4.52. The zero-order valence-corrected chi connectivity index (χ0v) is 15.6. The number of benzene rings is 1. The zero-order chi connectivity index (χ0) is 18.1. The number of rotatable bonds is 5. The Balaban J connectivity index is 1.35. The SMILES string of the molecule is CN1C(=O)CC[C@H](CNC2CC(c3ccccc3)C2)[C@H]1c1cnn(C)c1. The number of hydrogen-bond donors (Lipinski definition) is 1. The van der Waals surface area contributed by atoms with Crippen LogP contribution >= 0.6 is 0 Å². The zero-order valence-electron chi connectivity index (χ0n) is 15.6. The third-order valence-corrected chi connectivity index (χ3v) is 6.13. The smallest absolute Gasteiger partial charge is 0.222 e. The molecular formula is C21H28N4O. The first-order valence-electron chi connectivity index (χ1n) is 9.64. The van der Waals surface area contributed by atoms with E-state index >= 15 is 0 Å². The number of carbonyl (C=O) groups excluding carboxylic acids is 1. The molecule has 2 aromatic rings. The number of nitrogens with one attached hydrogen (secondary N) is 1. The highest BCUT2D eigenvalue weighted by atomic mass is 16.2. The van der Waals surface area contributed by atoms with Crippen molar-refractivity contribution in [2.24, 2.45) is 13.0 Å². The Morgan fingerprint density at radius 3 is 2.62 bits per heavy atom. The number of hydrogen-bond acceptors (Lipinski definition) is 3. The molecule has 1 saturated carbocycles. The molecule has 0 bridgehead atoms. The molecule has 1 aromatic carbocycles. The molecule has 0 spiro atoms. The summed E-state index contributed by atoms with van der Waals surface area (Å²) in [5.74, 6) is 1.37. The molecule has 2 fully saturated rings. The van der Waals surface area contributed by atoms with Crippen LogP contribution in [0.5, 0.6) is 0 Å². The molecule has 1 aliphatic heterocycles. The second-order valence-corrected chi connectivity index (χ2v) is 7.88. The van der Waals surface area contributed by atoms with Crippen molar-refractivity contribution >= 4 is 5.91 Å². The quantitative estimate of drug-likeness (QED) is 0.900. The fourth-order valence-corrected chi connectivity index (χ4v) is 4.52. The van der Waals surface area contributed by atoms with Crippen LogP contribution in [0, 0.1) is 5.92 Å². The Kier molecular flexibility index (Phi) is 4.81. The van der Waals surface area contributed by atoms with Gasteiger partial charge in [0.1, 0.15) is 0 Å². The third kappa shape index (κ3) is 3.40. The lowest BCUT2D eigenvalue weighted by Gasteiger charge is -2.41. The van der Waals surface area contributed by atoms with Crippen LogP contribution < -0.4 is 5.32 Å². The van der Waals surface area contributed by atoms with Crippen LogP contribution in [0.4, 0.5) is 0 Å². The van der Waals surface area contributed by atoms with E-state index in [0.717, 1.165) is 18.5 Å². The number of aromatic nitrogens is 2. The van der Waals surface area contributed by atoms with Gasteiger partial charge in [0.05, 0.1) is 12.2 Å². The summed E-state index contributed by atoms with van der Waals surface area (Å²) in [5, 5.41) is 8.08. The number of aryl methyl sites for hydroxylation is 1. The van der Waals surface area contributed by atoms with E-state index in [9.17, 15) is 4.79 Å². The van der Waals surface area contributed by atoms with Crippen LogP contribution in [-0.4, -0.2) is 40.2 Å². The average Bonchev–Trinajstić information content (AvgIpc) is 3.03. The van der Waals surface area contributed by atoms with Gasteiger partial charge in [-0.3, -0.25) is 9.48 Å². The van der Waals surface area contributed by atoms with Gasteiger partial charge < -0.3 is 10.2 Å². The molecule has 0 unspecified atom stereocenters. The van der Waals surface area contributed by atoms with Crippen molar-refractivity contribution in [3.63, 3.8) is 0 Å². The van der Waals surface area contributed by atoms with Crippen molar-refractivity contribution in [1.29, 1.82) is 0 Å². The minimum atomic E-state index is 0.127. The van der Waals surface area contributed by atoms with Gasteiger partial charge >= 0.3 is 0 Å². The first kappa shape index (κ1) is 17.3. The van der Waals surface area contributed by atoms with Gasteiger partial charge in [-0.25, -0.2) is 0 Å². The Morgan fingerprint density at radius 2 is 1.92 bits per heavy atom. The van der Waals surface area contributed by atoms with E-state index in [-0.39, 0.29) is 11.9 Å². The van der Waals surface area contributed by atoms with Crippen LogP contribution in [0.25, 0.3) is 0 Å². The minimum Gasteiger partial charge on any atom is -0.338 e. The molecule has 5 nitrogen and oxygen atoms in total. The van der Waals surface area contributed by atoms with Crippen LogP contribution in [0.15, 0.2) is 42.7 Å². The summed E-state index contributed by atoms with van der Waals surface area (Å²) < 4.78 is 1.82. The van der Waals surface area contributed by atoms with Crippen LogP contribution in [0.3, 0.4) is 0 Å². The predicted molar refractivity (Wildman–Crippen MR) is 102 cm³/mol. The second-order valence-electron chi connectivity index (χ2n) is 7.88. The largest absolute Gasteiger partial charge is 0.338 e. The van der Waals surface area contributed by atoms with E-state index in [2.05, 4.69) is 40.7 Å². The number of amides is 1. The van der Waals surface area contributed by atoms with Crippen molar-refractivity contribution in [3.8, 4) is 0 Å². The molecule has 26 heavy (non-hydrogen) atoms. The van der Waals surface area contributed by atoms with Crippen molar-refractivity contribution in [2.45, 2.75) is 43.7 Å². The van der Waals surface area contributed by atoms with E-state index in [0.29, 0.717) is 24.3 Å². The maximum atomic E-state index is 12.2. The van der Waals surface area contributed by atoms with Gasteiger partial charge in [-0.1, -0.05) is 30.3 Å². The number of piperidine rings is 1. The van der Waals surface area contributed by atoms with Gasteiger partial charge in [-0.2, -0.15) is 5.10 Å². The highest BCUT2D eigenvalue weighted by molar-refractivity contribution is 5.77. The molecule has 0 radical (unpaired) electrons. The maximum Gasteiger partial charge on any atom is 0.222 e. The minimum absolute atomic E-state index is 0.127. The van der Waals surface area contributed by atoms with E-state index in [1.165, 1.54) is 18.4 Å². The third-order valence-electron chi connectivity index (χ3n) is 6.13. The first-order chi connectivity index (χ1) is 12.6. The Bertz CT molecular complexity index is 750. The molecule has 2 atom stereocenters. The van der Waals surface area contributed by atoms with Crippen molar-refractivity contribution in [2.75, 3.05) is 13.6 Å². The molecule has 5 heteroatoms. The van der Waals surface area contributed by atoms with Crippen LogP contribution in [0.1, 0.15) is 48.8 Å². The van der Waals surface area contributed by atoms with Crippen molar-refractivity contribution < 1.29 is 4.79 Å². The van der Waals surface area contributed by atoms with Gasteiger partial charge in [0.25, 0.3) is 0 Å². The van der Waals surface area contributed by atoms with E-state index in [1.54, 1.807) is 0 Å². The molecular weight excluding hydrogens is 324 g/mol. The lowest BCUT2D eigenvalue weighted by Crippen LogP contribution is -2.47. The van der Waals surface area contributed by atoms with Crippen LogP contribution in [-0.2, 0) is 11.8 Å². The van der Waals surface area contributed by atoms with E-state index in [1.807, 2.05) is 36.1 Å². The van der Waals surface area contributed by atoms with Crippen LogP contribution in [0.2, 0.25) is 0 Å². The number of nitrogens with zero attached hydrogens (tertiary/aromatic N) is 3. The normalized spacial score (nSPS) is 28.8. The second kappa shape index (κ2) is 7.23. The highest BCUT2D eigenvalue weighted by Gasteiger charge is 2.37. The van der Waals surface area contributed by atoms with Crippen molar-refractivity contribution in [3.05, 3.63) is 53.9 Å². The Hall–Kier alpha value is -2.14. The molecule has 2 aliphatic rings. The number of likely N-dealkylation sites (tertiary alicyclic amines) is 1. The van der Waals surface area contributed by atoms with E-state index < -0.39 is 0 Å². The average molecular weight is 352 g/mol. The summed E-state index contributed by atoms with van der Waals surface area (Å²) in [4.78, 5) is 14.1. The highest BCUT2D eigenvalue weighted by Crippen LogP contribution is 2.38. The standard InChI is InChI=1S/C21H28N4O/c1-24-14-18(13-23-24)21-16(8-9-20(26)25(21)2)12-22-19-10-17(11-19)15-6-4-3-5-7-15/h3-7,13-14,16-17,19,21-22H,8-12H2,1-2H3/t16-,17?,19?,21+/m1/s1. The lowest BCUT2D eigenvalue weighted by molar-refractivity contribution is -0.137. The lowest BCUT2D eigenvalue weighted by atomic mass is 9.75. The molecule has 138 valence electrons. The molecule has 1 aromatic heterocycles. The molecule has 1 saturated heterocycles. The summed E-state index contributed by atoms with van der Waals surface area (Å²) in [5.41, 5.74) is 2.60. The topological polar surface area (TPSA) is 50.2 Å². The number of carbonyl (C=O) groups is 1. The molecule has 1 N–H and O–H groups in total. The summed E-state index contributed by atoms with van der Waals surface area (Å²) in [7, 11) is 3.86. The Labute approximate surface area is 155 Å². The molecule has 2 heterocycles. The maximum absolute atomic E-state index is 12.2. The monoisotopic (exact) mass is 352 g/mol. The van der Waals surface area contributed by atoms with Gasteiger partial charge in [-0.15, -0.1) is 0 Å².